The smallest absolute Gasteiger partial charge is 0.321 e. The monoisotopic (exact) mass is 493 g/mol. The second-order valence-corrected chi connectivity index (χ2v) is 10.1. The van der Waals surface area contributed by atoms with Gasteiger partial charge in [-0.25, -0.2) is 4.39 Å². The lowest BCUT2D eigenvalue weighted by molar-refractivity contribution is -0.139. The van der Waals surface area contributed by atoms with Crippen molar-refractivity contribution in [2.75, 3.05) is 0 Å². The summed E-state index contributed by atoms with van der Waals surface area (Å²) in [6.45, 7) is 6.03. The Morgan fingerprint density at radius 2 is 2.10 bits per heavy atom. The molecule has 2 N–H and O–H groups in total. The minimum absolute atomic E-state index is 0.0880. The minimum atomic E-state index is -1.41. The topological polar surface area (TPSA) is 86.0 Å². The average molecular weight is 495 g/mol. The van der Waals surface area contributed by atoms with Crippen molar-refractivity contribution in [1.29, 1.82) is 5.26 Å². The van der Waals surface area contributed by atoms with Crippen molar-refractivity contribution in [2.45, 2.75) is 50.6 Å². The number of nitrogens with zero attached hydrogens (tertiary/aromatic N) is 2. The van der Waals surface area contributed by atoms with E-state index in [2.05, 4.69) is 32.3 Å². The third kappa shape index (κ3) is 3.96. The number of carboxylic acids is 1. The van der Waals surface area contributed by atoms with E-state index in [1.165, 1.54) is 12.1 Å². The van der Waals surface area contributed by atoms with Crippen LogP contribution in [0, 0.1) is 22.6 Å². The molecular weight excluding hydrogens is 473 g/mol. The summed E-state index contributed by atoms with van der Waals surface area (Å²) >= 11 is 9.36. The van der Waals surface area contributed by atoms with Gasteiger partial charge in [0.15, 0.2) is 0 Å². The fourth-order valence-corrected chi connectivity index (χ4v) is 4.74. The van der Waals surface area contributed by atoms with Crippen molar-refractivity contribution in [3.63, 3.8) is 0 Å². The van der Waals surface area contributed by atoms with E-state index in [0.29, 0.717) is 12.1 Å². The highest BCUT2D eigenvalue weighted by molar-refractivity contribution is 9.10. The highest BCUT2D eigenvalue weighted by Crippen LogP contribution is 2.51. The predicted octanol–water partition coefficient (Wildman–Crippen LogP) is 5.04. The number of aliphatic carboxylic acids is 1. The molecule has 1 aromatic carbocycles. The Hall–Kier alpha value is -2.01. The molecule has 2 heterocycles. The molecule has 8 heteroatoms. The van der Waals surface area contributed by atoms with Crippen LogP contribution in [0.2, 0.25) is 5.02 Å². The molecule has 4 atom stereocenters. The maximum absolute atomic E-state index is 15.1. The largest absolute Gasteiger partial charge is 0.480 e. The fourth-order valence-electron chi connectivity index (χ4n) is 4.32. The molecule has 158 valence electrons. The number of carboxylic acid groups (broad SMARTS) is 1. The standard InChI is InChI=1S/C22H22BrClFN3O2/c1-21(2,3)9-16-22(11-26,15-8-7-12(23)10-27-15)17(19(28-16)20(29)30)13-5-4-6-14(24)18(13)25/h4-8,10,16-17,19,28H,9H2,1-3H3,(H,29,30)/t16-,17-,19+,22-/m0/s1. The lowest BCUT2D eigenvalue weighted by atomic mass is 9.64. The van der Waals surface area contributed by atoms with Crippen LogP contribution >= 0.6 is 27.5 Å². The first-order chi connectivity index (χ1) is 14.0. The van der Waals surface area contributed by atoms with Crippen LogP contribution in [0.15, 0.2) is 41.0 Å². The molecule has 1 aliphatic heterocycles. The molecule has 0 amide bonds. The Balaban J connectivity index is 2.33. The second kappa shape index (κ2) is 8.26. The molecule has 1 fully saturated rings. The van der Waals surface area contributed by atoms with E-state index >= 15 is 4.39 Å². The molecular formula is C22H22BrClFN3O2. The van der Waals surface area contributed by atoms with Crippen molar-refractivity contribution < 1.29 is 14.3 Å². The third-order valence-electron chi connectivity index (χ3n) is 5.49. The van der Waals surface area contributed by atoms with E-state index < -0.39 is 35.2 Å². The van der Waals surface area contributed by atoms with E-state index in [-0.39, 0.29) is 16.0 Å². The van der Waals surface area contributed by atoms with E-state index in [1.54, 1.807) is 24.4 Å². The third-order valence-corrected chi connectivity index (χ3v) is 6.25. The van der Waals surface area contributed by atoms with Crippen LogP contribution in [0.3, 0.4) is 0 Å². The van der Waals surface area contributed by atoms with Gasteiger partial charge in [0.05, 0.1) is 16.8 Å². The summed E-state index contributed by atoms with van der Waals surface area (Å²) in [5.41, 5.74) is -1.16. The van der Waals surface area contributed by atoms with Crippen LogP contribution in [0.1, 0.15) is 44.4 Å². The summed E-state index contributed by atoms with van der Waals surface area (Å²) in [7, 11) is 0. The van der Waals surface area contributed by atoms with Gasteiger partial charge in [-0.05, 0) is 51.5 Å². The number of nitrogens with one attached hydrogen (secondary N) is 1. The number of hydrogen-bond donors (Lipinski definition) is 2. The molecule has 0 saturated carbocycles. The number of benzene rings is 1. The lowest BCUT2D eigenvalue weighted by Gasteiger charge is -2.36. The zero-order valence-corrected chi connectivity index (χ0v) is 19.1. The number of aromatic nitrogens is 1. The van der Waals surface area contributed by atoms with E-state index in [1.807, 2.05) is 20.8 Å². The second-order valence-electron chi connectivity index (χ2n) is 8.76. The van der Waals surface area contributed by atoms with Gasteiger partial charge in [-0.3, -0.25) is 15.1 Å². The molecule has 1 aliphatic rings. The van der Waals surface area contributed by atoms with Crippen molar-refractivity contribution >= 4 is 33.5 Å². The molecule has 5 nitrogen and oxygen atoms in total. The Labute approximate surface area is 188 Å². The Bertz CT molecular complexity index is 1000. The summed E-state index contributed by atoms with van der Waals surface area (Å²) in [4.78, 5) is 16.7. The van der Waals surface area contributed by atoms with E-state index in [4.69, 9.17) is 11.6 Å². The van der Waals surface area contributed by atoms with Gasteiger partial charge in [0, 0.05) is 22.6 Å². The van der Waals surface area contributed by atoms with Crippen LogP contribution in [0.25, 0.3) is 0 Å². The van der Waals surface area contributed by atoms with Crippen molar-refractivity contribution in [3.8, 4) is 6.07 Å². The summed E-state index contributed by atoms with van der Waals surface area (Å²) in [5.74, 6) is -2.90. The maximum Gasteiger partial charge on any atom is 0.321 e. The summed E-state index contributed by atoms with van der Waals surface area (Å²) in [6.07, 6.45) is 2.04. The van der Waals surface area contributed by atoms with Gasteiger partial charge in [0.25, 0.3) is 0 Å². The first-order valence-electron chi connectivity index (χ1n) is 9.47. The molecule has 3 rings (SSSR count). The molecule has 0 bridgehead atoms. The van der Waals surface area contributed by atoms with Gasteiger partial charge in [-0.15, -0.1) is 0 Å². The molecule has 0 radical (unpaired) electrons. The Morgan fingerprint density at radius 1 is 1.40 bits per heavy atom. The maximum atomic E-state index is 15.1. The molecule has 0 unspecified atom stereocenters. The summed E-state index contributed by atoms with van der Waals surface area (Å²) in [5, 5.41) is 23.5. The molecule has 30 heavy (non-hydrogen) atoms. The van der Waals surface area contributed by atoms with Gasteiger partial charge in [-0.1, -0.05) is 44.5 Å². The first-order valence-corrected chi connectivity index (χ1v) is 10.6. The van der Waals surface area contributed by atoms with Crippen LogP contribution < -0.4 is 5.32 Å². The minimum Gasteiger partial charge on any atom is -0.480 e. The molecule has 0 aliphatic carbocycles. The van der Waals surface area contributed by atoms with Gasteiger partial charge < -0.3 is 5.11 Å². The lowest BCUT2D eigenvalue weighted by Crippen LogP contribution is -2.44. The van der Waals surface area contributed by atoms with Crippen molar-refractivity contribution in [1.82, 2.24) is 10.3 Å². The fraction of sp³-hybridized carbons (Fsp3) is 0.409. The zero-order chi connectivity index (χ0) is 22.3. The van der Waals surface area contributed by atoms with Crippen LogP contribution in [0.5, 0.6) is 0 Å². The summed E-state index contributed by atoms with van der Waals surface area (Å²) < 4.78 is 15.8. The number of rotatable bonds is 4. The SMILES string of the molecule is CC(C)(C)C[C@@H]1N[C@@H](C(=O)O)[C@H](c2cccc(Cl)c2F)[C@@]1(C#N)c1ccc(Br)cn1. The molecule has 1 saturated heterocycles. The van der Waals surface area contributed by atoms with Gasteiger partial charge in [0.2, 0.25) is 0 Å². The zero-order valence-electron chi connectivity index (χ0n) is 16.8. The highest BCUT2D eigenvalue weighted by atomic mass is 79.9. The van der Waals surface area contributed by atoms with Crippen molar-refractivity contribution in [3.05, 3.63) is 63.1 Å². The number of hydrogen-bond acceptors (Lipinski definition) is 4. The summed E-state index contributed by atoms with van der Waals surface area (Å²) in [6, 6.07) is 8.49. The normalized spacial score (nSPS) is 26.4. The predicted molar refractivity (Wildman–Crippen MR) is 116 cm³/mol. The number of halogens is 3. The quantitative estimate of drug-likeness (QED) is 0.622. The van der Waals surface area contributed by atoms with E-state index in [0.717, 1.165) is 4.47 Å². The first kappa shape index (κ1) is 22.7. The van der Waals surface area contributed by atoms with Crippen LogP contribution in [-0.4, -0.2) is 28.1 Å². The number of nitriles is 1. The van der Waals surface area contributed by atoms with Gasteiger partial charge >= 0.3 is 5.97 Å². The molecule has 2 aromatic rings. The molecule has 0 spiro atoms. The van der Waals surface area contributed by atoms with E-state index in [9.17, 15) is 15.2 Å². The number of pyridine rings is 1. The van der Waals surface area contributed by atoms with Gasteiger partial charge in [0.1, 0.15) is 17.3 Å². The Kier molecular flexibility index (Phi) is 6.24. The molecule has 1 aromatic heterocycles. The number of carbonyl (C=O) groups is 1. The van der Waals surface area contributed by atoms with Crippen LogP contribution in [0.4, 0.5) is 4.39 Å². The Morgan fingerprint density at radius 3 is 2.63 bits per heavy atom. The van der Waals surface area contributed by atoms with Gasteiger partial charge in [-0.2, -0.15) is 5.26 Å². The highest BCUT2D eigenvalue weighted by Gasteiger charge is 2.61. The van der Waals surface area contributed by atoms with Crippen LogP contribution in [-0.2, 0) is 10.2 Å². The van der Waals surface area contributed by atoms with Crippen molar-refractivity contribution in [2.24, 2.45) is 5.41 Å². The average Bonchev–Trinajstić information content (AvgIpc) is 2.98.